The summed E-state index contributed by atoms with van der Waals surface area (Å²) in [6.07, 6.45) is 1.04. The number of benzene rings is 1. The summed E-state index contributed by atoms with van der Waals surface area (Å²) in [6, 6.07) is 2.94. The van der Waals surface area contributed by atoms with Gasteiger partial charge in [0.25, 0.3) is 5.24 Å². The van der Waals surface area contributed by atoms with E-state index in [9.17, 15) is 13.2 Å². The van der Waals surface area contributed by atoms with Crippen LogP contribution >= 0.6 is 27.5 Å². The van der Waals surface area contributed by atoms with Gasteiger partial charge < -0.3 is 0 Å². The zero-order chi connectivity index (χ0) is 11.8. The van der Waals surface area contributed by atoms with E-state index >= 15 is 0 Å². The molecular formula is C9H8BrClO3S. The highest BCUT2D eigenvalue weighted by Gasteiger charge is 2.20. The second-order valence-corrected chi connectivity index (χ2v) is 6.27. The van der Waals surface area contributed by atoms with Crippen LogP contribution in [-0.4, -0.2) is 19.9 Å². The second-order valence-electron chi connectivity index (χ2n) is 3.09. The summed E-state index contributed by atoms with van der Waals surface area (Å²) in [5.74, 6) is 0. The van der Waals surface area contributed by atoms with Crippen LogP contribution in [0.5, 0.6) is 0 Å². The first kappa shape index (κ1) is 12.7. The van der Waals surface area contributed by atoms with Crippen LogP contribution < -0.4 is 0 Å². The first-order chi connectivity index (χ1) is 6.75. The molecule has 0 aliphatic heterocycles. The molecule has 0 radical (unpaired) electrons. The number of hydrogen-bond donors (Lipinski definition) is 0. The monoisotopic (exact) mass is 310 g/mol. The topological polar surface area (TPSA) is 51.2 Å². The number of sulfone groups is 1. The summed E-state index contributed by atoms with van der Waals surface area (Å²) in [7, 11) is -3.44. The maximum Gasteiger partial charge on any atom is 0.254 e. The maximum atomic E-state index is 11.4. The summed E-state index contributed by atoms with van der Waals surface area (Å²) in [5, 5.41) is -0.769. The molecule has 1 aromatic carbocycles. The molecule has 1 rings (SSSR count). The van der Waals surface area contributed by atoms with Crippen LogP contribution in [0.2, 0.25) is 0 Å². The van der Waals surface area contributed by atoms with Gasteiger partial charge in [0.1, 0.15) is 0 Å². The van der Waals surface area contributed by atoms with Gasteiger partial charge in [-0.1, -0.05) is 15.9 Å². The Bertz CT molecular complexity index is 522. The van der Waals surface area contributed by atoms with E-state index < -0.39 is 15.1 Å². The molecule has 0 unspecified atom stereocenters. The third-order valence-corrected chi connectivity index (χ3v) is 4.14. The minimum atomic E-state index is -3.44. The van der Waals surface area contributed by atoms with E-state index in [1.807, 2.05) is 0 Å². The Morgan fingerprint density at radius 1 is 1.40 bits per heavy atom. The molecule has 0 bridgehead atoms. The number of hydrogen-bond acceptors (Lipinski definition) is 3. The molecule has 0 aromatic heterocycles. The van der Waals surface area contributed by atoms with Crippen molar-refractivity contribution in [2.24, 2.45) is 0 Å². The number of halogens is 2. The Balaban J connectivity index is 3.70. The van der Waals surface area contributed by atoms with Gasteiger partial charge in [0.05, 0.1) is 10.5 Å². The van der Waals surface area contributed by atoms with Gasteiger partial charge in [-0.25, -0.2) is 8.42 Å². The van der Waals surface area contributed by atoms with Crippen LogP contribution in [0.4, 0.5) is 0 Å². The van der Waals surface area contributed by atoms with E-state index in [-0.39, 0.29) is 10.5 Å². The normalized spacial score (nSPS) is 11.5. The van der Waals surface area contributed by atoms with Crippen molar-refractivity contribution in [2.75, 3.05) is 6.26 Å². The van der Waals surface area contributed by atoms with Gasteiger partial charge in [-0.2, -0.15) is 0 Å². The molecule has 0 aliphatic rings. The Morgan fingerprint density at radius 2 is 1.93 bits per heavy atom. The van der Waals surface area contributed by atoms with Gasteiger partial charge in [-0.15, -0.1) is 0 Å². The molecule has 0 N–H and O–H groups in total. The summed E-state index contributed by atoms with van der Waals surface area (Å²) in [5.41, 5.74) is 0.562. The van der Waals surface area contributed by atoms with E-state index in [2.05, 4.69) is 15.9 Å². The standard InChI is InChI=1S/C9H8BrClO3S/c1-5-6(10)3-4-7(15(2,13)14)8(5)9(11)12/h3-4H,1-2H3. The molecule has 0 amide bonds. The zero-order valence-corrected chi connectivity index (χ0v) is 11.2. The molecule has 0 saturated carbocycles. The summed E-state index contributed by atoms with van der Waals surface area (Å²) >= 11 is 8.58. The molecule has 0 atom stereocenters. The highest BCUT2D eigenvalue weighted by molar-refractivity contribution is 9.10. The lowest BCUT2D eigenvalue weighted by Gasteiger charge is -2.08. The Hall–Kier alpha value is -0.390. The molecular weight excluding hydrogens is 304 g/mol. The number of carbonyl (C=O) groups is 1. The van der Waals surface area contributed by atoms with Gasteiger partial charge in [-0.3, -0.25) is 4.79 Å². The zero-order valence-electron chi connectivity index (χ0n) is 8.04. The molecule has 0 fully saturated rings. The van der Waals surface area contributed by atoms with Gasteiger partial charge >= 0.3 is 0 Å². The van der Waals surface area contributed by atoms with Crippen LogP contribution in [0.3, 0.4) is 0 Å². The fourth-order valence-corrected chi connectivity index (χ4v) is 2.78. The van der Waals surface area contributed by atoms with Crippen LogP contribution in [0, 0.1) is 6.92 Å². The predicted octanol–water partition coefficient (Wildman–Crippen LogP) is 2.54. The van der Waals surface area contributed by atoms with E-state index in [0.29, 0.717) is 10.0 Å². The molecule has 0 aliphatic carbocycles. The Kier molecular flexibility index (Phi) is 3.58. The van der Waals surface area contributed by atoms with Crippen LogP contribution in [0.25, 0.3) is 0 Å². The average Bonchev–Trinajstić information content (AvgIpc) is 2.06. The maximum absolute atomic E-state index is 11.4. The molecule has 15 heavy (non-hydrogen) atoms. The van der Waals surface area contributed by atoms with Crippen molar-refractivity contribution in [1.29, 1.82) is 0 Å². The van der Waals surface area contributed by atoms with Crippen molar-refractivity contribution in [3.05, 3.63) is 27.7 Å². The highest BCUT2D eigenvalue weighted by Crippen LogP contribution is 2.27. The van der Waals surface area contributed by atoms with Crippen molar-refractivity contribution in [1.82, 2.24) is 0 Å². The molecule has 0 spiro atoms. The van der Waals surface area contributed by atoms with Crippen molar-refractivity contribution in [3.8, 4) is 0 Å². The molecule has 0 saturated heterocycles. The molecule has 0 heterocycles. The Labute approximate surface area is 101 Å². The fourth-order valence-electron chi connectivity index (χ4n) is 1.21. The first-order valence-corrected chi connectivity index (χ1v) is 7.00. The number of carbonyl (C=O) groups excluding carboxylic acids is 1. The van der Waals surface area contributed by atoms with Crippen LogP contribution in [0.15, 0.2) is 21.5 Å². The van der Waals surface area contributed by atoms with Gasteiger partial charge in [0, 0.05) is 10.7 Å². The SMILES string of the molecule is Cc1c(Br)ccc(S(C)(=O)=O)c1C(=O)Cl. The lowest BCUT2D eigenvalue weighted by atomic mass is 10.1. The third kappa shape index (κ3) is 2.59. The summed E-state index contributed by atoms with van der Waals surface area (Å²) < 4.78 is 23.4. The average molecular weight is 312 g/mol. The van der Waals surface area contributed by atoms with E-state index in [0.717, 1.165) is 6.26 Å². The minimum Gasteiger partial charge on any atom is -0.276 e. The third-order valence-electron chi connectivity index (χ3n) is 1.96. The van der Waals surface area contributed by atoms with E-state index in [1.54, 1.807) is 13.0 Å². The van der Waals surface area contributed by atoms with Crippen LogP contribution in [0.1, 0.15) is 15.9 Å². The van der Waals surface area contributed by atoms with Gasteiger partial charge in [0.15, 0.2) is 9.84 Å². The minimum absolute atomic E-state index is 0.0357. The number of rotatable bonds is 2. The van der Waals surface area contributed by atoms with Crippen LogP contribution in [-0.2, 0) is 9.84 Å². The lowest BCUT2D eigenvalue weighted by molar-refractivity contribution is 0.107. The van der Waals surface area contributed by atoms with Crippen molar-refractivity contribution in [2.45, 2.75) is 11.8 Å². The predicted molar refractivity (Wildman–Crippen MR) is 62.2 cm³/mol. The van der Waals surface area contributed by atoms with E-state index in [4.69, 9.17) is 11.6 Å². The largest absolute Gasteiger partial charge is 0.276 e. The van der Waals surface area contributed by atoms with Crippen molar-refractivity contribution in [3.63, 3.8) is 0 Å². The highest BCUT2D eigenvalue weighted by atomic mass is 79.9. The Morgan fingerprint density at radius 3 is 2.33 bits per heavy atom. The quantitative estimate of drug-likeness (QED) is 0.789. The summed E-state index contributed by atoms with van der Waals surface area (Å²) in [6.45, 7) is 1.63. The lowest BCUT2D eigenvalue weighted by Crippen LogP contribution is -2.07. The molecule has 1 aromatic rings. The second kappa shape index (κ2) is 4.23. The molecule has 6 heteroatoms. The van der Waals surface area contributed by atoms with E-state index in [1.165, 1.54) is 6.07 Å². The van der Waals surface area contributed by atoms with Gasteiger partial charge in [0.2, 0.25) is 0 Å². The van der Waals surface area contributed by atoms with Crippen molar-refractivity contribution < 1.29 is 13.2 Å². The fraction of sp³-hybridized carbons (Fsp3) is 0.222. The summed E-state index contributed by atoms with van der Waals surface area (Å²) in [4.78, 5) is 11.1. The van der Waals surface area contributed by atoms with Crippen molar-refractivity contribution >= 4 is 42.6 Å². The van der Waals surface area contributed by atoms with Gasteiger partial charge in [-0.05, 0) is 36.2 Å². The molecule has 82 valence electrons. The first-order valence-electron chi connectivity index (χ1n) is 3.94. The smallest absolute Gasteiger partial charge is 0.254 e. The molecule has 3 nitrogen and oxygen atoms in total.